The summed E-state index contributed by atoms with van der Waals surface area (Å²) >= 11 is 0. The minimum atomic E-state index is -0.899. The van der Waals surface area contributed by atoms with Crippen molar-refractivity contribution in [1.29, 1.82) is 0 Å². The molecular weight excluding hydrogens is 376 g/mol. The molecule has 0 aliphatic heterocycles. The van der Waals surface area contributed by atoms with Gasteiger partial charge in [0.1, 0.15) is 0 Å². The van der Waals surface area contributed by atoms with Crippen LogP contribution in [0.5, 0.6) is 17.2 Å². The van der Waals surface area contributed by atoms with Crippen molar-refractivity contribution in [2.24, 2.45) is 0 Å². The zero-order valence-electron chi connectivity index (χ0n) is 16.9. The zero-order chi connectivity index (χ0) is 21.1. The molecule has 0 heterocycles. The molecule has 0 bridgehead atoms. The van der Waals surface area contributed by atoms with Crippen LogP contribution in [-0.4, -0.2) is 43.1 Å². The van der Waals surface area contributed by atoms with E-state index in [1.165, 1.54) is 21.3 Å². The SMILES string of the molecule is COc1cc(C(C2=C(O)CCCC2=O)C2=C(O)CCCC2=O)cc(OC)c1OC. The second-order valence-corrected chi connectivity index (χ2v) is 7.17. The number of hydrogen-bond acceptors (Lipinski definition) is 7. The van der Waals surface area contributed by atoms with Crippen molar-refractivity contribution in [3.8, 4) is 17.2 Å². The second-order valence-electron chi connectivity index (χ2n) is 7.17. The number of carbonyl (C=O) groups excluding carboxylic acids is 2. The monoisotopic (exact) mass is 402 g/mol. The second kappa shape index (κ2) is 8.59. The Morgan fingerprint density at radius 2 is 1.21 bits per heavy atom. The molecule has 0 atom stereocenters. The highest BCUT2D eigenvalue weighted by atomic mass is 16.5. The van der Waals surface area contributed by atoms with Crippen molar-refractivity contribution in [3.63, 3.8) is 0 Å². The Kier molecular flexibility index (Phi) is 6.15. The third-order valence-electron chi connectivity index (χ3n) is 5.46. The smallest absolute Gasteiger partial charge is 0.203 e. The van der Waals surface area contributed by atoms with Crippen LogP contribution in [0.15, 0.2) is 34.8 Å². The first-order valence-electron chi connectivity index (χ1n) is 9.63. The molecule has 0 fully saturated rings. The Hall–Kier alpha value is -2.96. The maximum atomic E-state index is 12.8. The lowest BCUT2D eigenvalue weighted by Gasteiger charge is -2.29. The van der Waals surface area contributed by atoms with Crippen molar-refractivity contribution >= 4 is 11.6 Å². The Labute approximate surface area is 169 Å². The van der Waals surface area contributed by atoms with Crippen molar-refractivity contribution < 1.29 is 34.0 Å². The largest absolute Gasteiger partial charge is 0.512 e. The van der Waals surface area contributed by atoms with Crippen LogP contribution >= 0.6 is 0 Å². The lowest BCUT2D eigenvalue weighted by molar-refractivity contribution is -0.117. The molecule has 7 heteroatoms. The number of allylic oxidation sites excluding steroid dienone is 4. The van der Waals surface area contributed by atoms with E-state index in [1.807, 2.05) is 0 Å². The topological polar surface area (TPSA) is 102 Å². The van der Waals surface area contributed by atoms with E-state index >= 15 is 0 Å². The highest BCUT2D eigenvalue weighted by Crippen LogP contribution is 2.46. The lowest BCUT2D eigenvalue weighted by Crippen LogP contribution is -2.25. The molecule has 2 N–H and O–H groups in total. The van der Waals surface area contributed by atoms with Gasteiger partial charge in [0.25, 0.3) is 0 Å². The molecule has 0 radical (unpaired) electrons. The van der Waals surface area contributed by atoms with Gasteiger partial charge in [0.2, 0.25) is 5.75 Å². The molecule has 7 nitrogen and oxygen atoms in total. The van der Waals surface area contributed by atoms with Gasteiger partial charge in [0.15, 0.2) is 23.1 Å². The average molecular weight is 402 g/mol. The molecule has 1 aromatic rings. The summed E-state index contributed by atoms with van der Waals surface area (Å²) in [5, 5.41) is 21.2. The summed E-state index contributed by atoms with van der Waals surface area (Å²) in [5.74, 6) is -0.352. The lowest BCUT2D eigenvalue weighted by atomic mass is 9.74. The van der Waals surface area contributed by atoms with Gasteiger partial charge in [-0.15, -0.1) is 0 Å². The van der Waals surface area contributed by atoms with E-state index in [4.69, 9.17) is 14.2 Å². The summed E-state index contributed by atoms with van der Waals surface area (Å²) in [7, 11) is 4.43. The van der Waals surface area contributed by atoms with E-state index < -0.39 is 5.92 Å². The molecule has 0 spiro atoms. The maximum absolute atomic E-state index is 12.8. The Balaban J connectivity index is 2.30. The Morgan fingerprint density at radius 1 is 0.759 bits per heavy atom. The van der Waals surface area contributed by atoms with E-state index in [9.17, 15) is 19.8 Å². The summed E-state index contributed by atoms with van der Waals surface area (Å²) in [6.07, 6.45) is 2.36. The van der Waals surface area contributed by atoms with E-state index in [1.54, 1.807) is 12.1 Å². The number of ether oxygens (including phenoxy) is 3. The van der Waals surface area contributed by atoms with Crippen LogP contribution in [0, 0.1) is 0 Å². The number of aliphatic hydroxyl groups excluding tert-OH is 2. The minimum Gasteiger partial charge on any atom is -0.512 e. The maximum Gasteiger partial charge on any atom is 0.203 e. The van der Waals surface area contributed by atoms with Crippen LogP contribution in [0.25, 0.3) is 0 Å². The van der Waals surface area contributed by atoms with Crippen LogP contribution in [0.1, 0.15) is 50.0 Å². The average Bonchev–Trinajstić information content (AvgIpc) is 2.71. The number of hydrogen-bond donors (Lipinski definition) is 2. The fourth-order valence-electron chi connectivity index (χ4n) is 4.09. The third-order valence-corrected chi connectivity index (χ3v) is 5.46. The number of ketones is 2. The molecule has 156 valence electrons. The minimum absolute atomic E-state index is 0.0429. The number of methoxy groups -OCH3 is 3. The van der Waals surface area contributed by atoms with E-state index in [-0.39, 0.29) is 47.1 Å². The predicted molar refractivity (Wildman–Crippen MR) is 106 cm³/mol. The van der Waals surface area contributed by atoms with Gasteiger partial charge in [-0.2, -0.15) is 0 Å². The summed E-state index contributed by atoms with van der Waals surface area (Å²) in [6, 6.07) is 3.30. The Morgan fingerprint density at radius 3 is 1.55 bits per heavy atom. The fraction of sp³-hybridized carbons (Fsp3) is 0.455. The number of aliphatic hydroxyl groups is 2. The molecule has 29 heavy (non-hydrogen) atoms. The van der Waals surface area contributed by atoms with Gasteiger partial charge in [-0.1, -0.05) is 0 Å². The molecular formula is C22H26O7. The molecule has 0 saturated carbocycles. The van der Waals surface area contributed by atoms with Crippen LogP contribution in [0.4, 0.5) is 0 Å². The normalized spacial score (nSPS) is 17.8. The predicted octanol–water partition coefficient (Wildman–Crippen LogP) is 3.93. The number of Topliss-reactive ketones (excluding diaryl/α,β-unsaturated/α-hetero) is 2. The van der Waals surface area contributed by atoms with Gasteiger partial charge < -0.3 is 24.4 Å². The fourth-order valence-corrected chi connectivity index (χ4v) is 4.09. The molecule has 0 aromatic heterocycles. The van der Waals surface area contributed by atoms with Crippen molar-refractivity contribution in [2.45, 2.75) is 44.4 Å². The summed E-state index contributed by atoms with van der Waals surface area (Å²) in [6.45, 7) is 0. The number of carbonyl (C=O) groups is 2. The van der Waals surface area contributed by atoms with Crippen molar-refractivity contribution in [3.05, 3.63) is 40.4 Å². The van der Waals surface area contributed by atoms with Gasteiger partial charge in [-0.3, -0.25) is 9.59 Å². The molecule has 2 aliphatic carbocycles. The first-order chi connectivity index (χ1) is 13.9. The molecule has 2 aliphatic rings. The van der Waals surface area contributed by atoms with Crippen LogP contribution < -0.4 is 14.2 Å². The van der Waals surface area contributed by atoms with Crippen molar-refractivity contribution in [1.82, 2.24) is 0 Å². The van der Waals surface area contributed by atoms with Gasteiger partial charge in [-0.05, 0) is 30.5 Å². The first-order valence-corrected chi connectivity index (χ1v) is 9.63. The molecule has 1 aromatic carbocycles. The van der Waals surface area contributed by atoms with Gasteiger partial charge >= 0.3 is 0 Å². The highest BCUT2D eigenvalue weighted by molar-refractivity contribution is 6.05. The quantitative estimate of drug-likeness (QED) is 0.743. The third kappa shape index (κ3) is 3.81. The molecule has 0 unspecified atom stereocenters. The van der Waals surface area contributed by atoms with Crippen LogP contribution in [-0.2, 0) is 9.59 Å². The first kappa shape index (κ1) is 20.8. The van der Waals surface area contributed by atoms with E-state index in [0.29, 0.717) is 48.5 Å². The standard InChI is InChI=1S/C22H26O7/c1-27-17-10-12(11-18(28-2)22(17)29-3)19(20-13(23)6-4-7-14(20)24)21-15(25)8-5-9-16(21)26/h10-11,19,23,25H,4-9H2,1-3H3. The number of rotatable bonds is 6. The molecule has 0 saturated heterocycles. The zero-order valence-corrected chi connectivity index (χ0v) is 16.9. The van der Waals surface area contributed by atoms with Crippen molar-refractivity contribution in [2.75, 3.05) is 21.3 Å². The highest BCUT2D eigenvalue weighted by Gasteiger charge is 2.38. The van der Waals surface area contributed by atoms with Gasteiger partial charge in [-0.25, -0.2) is 0 Å². The van der Waals surface area contributed by atoms with Gasteiger partial charge in [0.05, 0.1) is 32.8 Å². The molecule has 0 amide bonds. The Bertz CT molecular complexity index is 827. The summed E-state index contributed by atoms with van der Waals surface area (Å²) in [5.41, 5.74) is 0.817. The summed E-state index contributed by atoms with van der Waals surface area (Å²) < 4.78 is 16.2. The van der Waals surface area contributed by atoms with E-state index in [2.05, 4.69) is 0 Å². The molecule has 3 rings (SSSR count). The van der Waals surface area contributed by atoms with E-state index in [0.717, 1.165) is 0 Å². The summed E-state index contributed by atoms with van der Waals surface area (Å²) in [4.78, 5) is 25.6. The van der Waals surface area contributed by atoms with Crippen LogP contribution in [0.2, 0.25) is 0 Å². The number of benzene rings is 1. The van der Waals surface area contributed by atoms with Crippen LogP contribution in [0.3, 0.4) is 0 Å². The van der Waals surface area contributed by atoms with Gasteiger partial charge in [0, 0.05) is 42.7 Å².